The first-order valence-electron chi connectivity index (χ1n) is 3.44. The van der Waals surface area contributed by atoms with E-state index < -0.39 is 4.92 Å². The van der Waals surface area contributed by atoms with E-state index >= 15 is 0 Å². The third-order valence-electron chi connectivity index (χ3n) is 1.51. The van der Waals surface area contributed by atoms with E-state index in [-0.39, 0.29) is 5.95 Å². The van der Waals surface area contributed by atoms with Gasteiger partial charge in [-0.05, 0) is 17.1 Å². The lowest BCUT2D eigenvalue weighted by atomic mass is 10.4. The molecule has 1 heterocycles. The normalized spacial score (nSPS) is 10.5. The molecule has 0 spiro atoms. The zero-order valence-electron chi connectivity index (χ0n) is 6.88. The molecule has 0 saturated heterocycles. The maximum atomic E-state index is 10.3. The van der Waals surface area contributed by atoms with Gasteiger partial charge in [0, 0.05) is 0 Å². The maximum absolute atomic E-state index is 10.3. The quantitative estimate of drug-likeness (QED) is 0.295. The molecular formula is C7H7N3O3. The molecule has 1 aromatic heterocycles. The molecule has 1 aromatic rings. The molecule has 0 aromatic carbocycles. The number of rotatable bonds is 3. The number of imidazole rings is 1. The Kier molecular flexibility index (Phi) is 2.53. The molecule has 6 heteroatoms. The van der Waals surface area contributed by atoms with Gasteiger partial charge in [0.2, 0.25) is 0 Å². The minimum Gasteiger partial charge on any atom is -0.390 e. The summed E-state index contributed by atoms with van der Waals surface area (Å²) in [5.41, 5.74) is 0.513. The van der Waals surface area contributed by atoms with Crippen LogP contribution in [0.1, 0.15) is 5.69 Å². The highest BCUT2D eigenvalue weighted by atomic mass is 16.6. The fraction of sp³-hybridized carbons (Fsp3) is 0.143. The standard InChI is InChI=1S/C7H7N3O3/c1-9-6(3-2-4-11)5-8-7(9)10(12)13/h2-5H,1H3/b3-2+. The fourth-order valence-corrected chi connectivity index (χ4v) is 0.875. The largest absolute Gasteiger partial charge is 0.434 e. The smallest absolute Gasteiger partial charge is 0.390 e. The predicted molar refractivity (Wildman–Crippen MR) is 45.0 cm³/mol. The van der Waals surface area contributed by atoms with Crippen molar-refractivity contribution in [3.8, 4) is 0 Å². The molecule has 0 N–H and O–H groups in total. The SMILES string of the molecule is Cn1c(/C=C/C=O)cnc1[N+](=O)[O-]. The lowest BCUT2D eigenvalue weighted by molar-refractivity contribution is -0.396. The van der Waals surface area contributed by atoms with Gasteiger partial charge in [-0.25, -0.2) is 4.57 Å². The van der Waals surface area contributed by atoms with Crippen LogP contribution in [0.4, 0.5) is 5.95 Å². The van der Waals surface area contributed by atoms with Crippen LogP contribution >= 0.6 is 0 Å². The van der Waals surface area contributed by atoms with Crippen LogP contribution in [0.3, 0.4) is 0 Å². The number of aldehydes is 1. The van der Waals surface area contributed by atoms with Gasteiger partial charge in [-0.15, -0.1) is 0 Å². The lowest BCUT2D eigenvalue weighted by Crippen LogP contribution is -1.99. The van der Waals surface area contributed by atoms with Crippen molar-refractivity contribution in [1.29, 1.82) is 0 Å². The van der Waals surface area contributed by atoms with Crippen LogP contribution in [0.15, 0.2) is 12.3 Å². The Labute approximate surface area is 73.7 Å². The second kappa shape index (κ2) is 3.61. The highest BCUT2D eigenvalue weighted by Crippen LogP contribution is 2.11. The predicted octanol–water partition coefficient (Wildman–Crippen LogP) is 0.540. The van der Waals surface area contributed by atoms with E-state index in [0.29, 0.717) is 12.0 Å². The number of nitrogens with zero attached hydrogens (tertiary/aromatic N) is 3. The minimum atomic E-state index is -0.585. The van der Waals surface area contributed by atoms with Crippen molar-refractivity contribution in [3.05, 3.63) is 28.1 Å². The summed E-state index contributed by atoms with van der Waals surface area (Å²) in [6.07, 6.45) is 4.63. The highest BCUT2D eigenvalue weighted by Gasteiger charge is 2.14. The second-order valence-electron chi connectivity index (χ2n) is 2.29. The molecule has 13 heavy (non-hydrogen) atoms. The van der Waals surface area contributed by atoms with E-state index in [1.54, 1.807) is 0 Å². The molecule has 0 unspecified atom stereocenters. The van der Waals surface area contributed by atoms with Crippen molar-refractivity contribution in [2.45, 2.75) is 0 Å². The molecule has 0 aliphatic rings. The second-order valence-corrected chi connectivity index (χ2v) is 2.29. The van der Waals surface area contributed by atoms with Crippen molar-refractivity contribution < 1.29 is 9.72 Å². The molecule has 0 bridgehead atoms. The van der Waals surface area contributed by atoms with Crippen LogP contribution in [-0.4, -0.2) is 20.8 Å². The summed E-state index contributed by atoms with van der Waals surface area (Å²) < 4.78 is 1.29. The topological polar surface area (TPSA) is 78.0 Å². The molecule has 68 valence electrons. The number of hydrogen-bond donors (Lipinski definition) is 0. The molecule has 0 aliphatic heterocycles. The third kappa shape index (κ3) is 1.78. The van der Waals surface area contributed by atoms with Gasteiger partial charge in [0.05, 0.1) is 7.05 Å². The monoisotopic (exact) mass is 181 g/mol. The van der Waals surface area contributed by atoms with E-state index in [0.717, 1.165) is 0 Å². The molecule has 0 fully saturated rings. The van der Waals surface area contributed by atoms with Gasteiger partial charge in [-0.3, -0.25) is 4.79 Å². The van der Waals surface area contributed by atoms with Gasteiger partial charge in [-0.1, -0.05) is 4.98 Å². The summed E-state index contributed by atoms with van der Waals surface area (Å²) in [6.45, 7) is 0. The molecule has 0 radical (unpaired) electrons. The summed E-state index contributed by atoms with van der Waals surface area (Å²) in [7, 11) is 1.51. The Morgan fingerprint density at radius 2 is 2.38 bits per heavy atom. The molecule has 0 saturated carbocycles. The van der Waals surface area contributed by atoms with Crippen molar-refractivity contribution in [2.24, 2.45) is 7.05 Å². The van der Waals surface area contributed by atoms with Gasteiger partial charge in [0.25, 0.3) is 0 Å². The van der Waals surface area contributed by atoms with Crippen LogP contribution < -0.4 is 0 Å². The Morgan fingerprint density at radius 3 is 2.85 bits per heavy atom. The summed E-state index contributed by atoms with van der Waals surface area (Å²) in [4.78, 5) is 23.3. The lowest BCUT2D eigenvalue weighted by Gasteiger charge is -1.93. The number of carbonyl (C=O) groups is 1. The van der Waals surface area contributed by atoms with Crippen molar-refractivity contribution in [3.63, 3.8) is 0 Å². The molecule has 0 aliphatic carbocycles. The highest BCUT2D eigenvalue weighted by molar-refractivity contribution is 5.73. The van der Waals surface area contributed by atoms with Crippen molar-refractivity contribution in [2.75, 3.05) is 0 Å². The first-order valence-corrected chi connectivity index (χ1v) is 3.44. The first kappa shape index (κ1) is 9.11. The summed E-state index contributed by atoms with van der Waals surface area (Å²) >= 11 is 0. The first-order chi connectivity index (χ1) is 6.16. The fourth-order valence-electron chi connectivity index (χ4n) is 0.875. The van der Waals surface area contributed by atoms with Crippen molar-refractivity contribution >= 4 is 18.3 Å². The van der Waals surface area contributed by atoms with Gasteiger partial charge >= 0.3 is 5.95 Å². The number of aromatic nitrogens is 2. The number of nitro groups is 1. The maximum Gasteiger partial charge on any atom is 0.434 e. The van der Waals surface area contributed by atoms with E-state index in [1.807, 2.05) is 0 Å². The number of allylic oxidation sites excluding steroid dienone is 1. The van der Waals surface area contributed by atoms with Gasteiger partial charge in [-0.2, -0.15) is 0 Å². The van der Waals surface area contributed by atoms with Crippen LogP contribution in [-0.2, 0) is 11.8 Å². The molecule has 0 atom stereocenters. The number of hydrogen-bond acceptors (Lipinski definition) is 4. The minimum absolute atomic E-state index is 0.245. The van der Waals surface area contributed by atoms with Crippen LogP contribution in [0.2, 0.25) is 0 Å². The third-order valence-corrected chi connectivity index (χ3v) is 1.51. The Bertz CT molecular complexity index is 367. The van der Waals surface area contributed by atoms with Crippen LogP contribution in [0, 0.1) is 10.1 Å². The van der Waals surface area contributed by atoms with E-state index in [2.05, 4.69) is 4.98 Å². The summed E-state index contributed by atoms with van der Waals surface area (Å²) in [5.74, 6) is -0.245. The van der Waals surface area contributed by atoms with Crippen molar-refractivity contribution in [1.82, 2.24) is 9.55 Å². The zero-order valence-corrected chi connectivity index (χ0v) is 6.88. The Hall–Kier alpha value is -1.98. The van der Waals surface area contributed by atoms with Crippen LogP contribution in [0.5, 0.6) is 0 Å². The average molecular weight is 181 g/mol. The summed E-state index contributed by atoms with van der Waals surface area (Å²) in [6, 6.07) is 0. The van der Waals surface area contributed by atoms with Gasteiger partial charge in [0.1, 0.15) is 18.2 Å². The zero-order chi connectivity index (χ0) is 9.84. The molecule has 1 rings (SSSR count). The Balaban J connectivity index is 3.06. The van der Waals surface area contributed by atoms with E-state index in [4.69, 9.17) is 0 Å². The number of carbonyl (C=O) groups excluding carboxylic acids is 1. The van der Waals surface area contributed by atoms with Crippen LogP contribution in [0.25, 0.3) is 6.08 Å². The summed E-state index contributed by atoms with van der Waals surface area (Å²) in [5, 5.41) is 10.3. The molecule has 6 nitrogen and oxygen atoms in total. The average Bonchev–Trinajstić information content (AvgIpc) is 2.43. The Morgan fingerprint density at radius 1 is 1.69 bits per heavy atom. The molecular weight excluding hydrogens is 174 g/mol. The van der Waals surface area contributed by atoms with E-state index in [1.165, 1.54) is 30.0 Å². The van der Waals surface area contributed by atoms with Gasteiger partial charge in [0.15, 0.2) is 0 Å². The van der Waals surface area contributed by atoms with E-state index in [9.17, 15) is 14.9 Å². The molecule has 0 amide bonds. The van der Waals surface area contributed by atoms with Gasteiger partial charge < -0.3 is 10.1 Å².